The molecule has 21 heavy (non-hydrogen) atoms. The molecule has 0 bridgehead atoms. The zero-order valence-corrected chi connectivity index (χ0v) is 11.2. The van der Waals surface area contributed by atoms with Gasteiger partial charge in [0.05, 0.1) is 0 Å². The predicted octanol–water partition coefficient (Wildman–Crippen LogP) is 3.81. The summed E-state index contributed by atoms with van der Waals surface area (Å²) in [5.41, 5.74) is 8.05. The number of benzene rings is 2. The molecule has 3 rings (SSSR count). The van der Waals surface area contributed by atoms with Crippen LogP contribution in [0.15, 0.2) is 48.5 Å². The Balaban J connectivity index is 1.79. The lowest BCUT2D eigenvalue weighted by Crippen LogP contribution is -2.24. The molecule has 0 fully saturated rings. The monoisotopic (exact) mass is 291 g/mol. The van der Waals surface area contributed by atoms with E-state index < -0.39 is 6.61 Å². The van der Waals surface area contributed by atoms with Crippen LogP contribution in [0, 0.1) is 0 Å². The molecule has 2 aromatic rings. The Bertz CT molecular complexity index is 616. The molecule has 0 aromatic heterocycles. The van der Waals surface area contributed by atoms with Crippen LogP contribution >= 0.6 is 0 Å². The summed E-state index contributed by atoms with van der Waals surface area (Å²) in [6.07, 6.45) is 0.460. The minimum atomic E-state index is -2.82. The first kappa shape index (κ1) is 13.8. The van der Waals surface area contributed by atoms with Gasteiger partial charge < -0.3 is 15.2 Å². The molecule has 5 heteroatoms. The molecule has 2 aromatic carbocycles. The largest absolute Gasteiger partial charge is 0.485 e. The lowest BCUT2D eigenvalue weighted by atomic mass is 9.93. The highest BCUT2D eigenvalue weighted by molar-refractivity contribution is 5.39. The molecule has 110 valence electrons. The molecular weight excluding hydrogens is 276 g/mol. The van der Waals surface area contributed by atoms with Gasteiger partial charge in [0.15, 0.2) is 0 Å². The van der Waals surface area contributed by atoms with Crippen molar-refractivity contribution in [2.45, 2.75) is 25.2 Å². The number of hydrogen-bond donors (Lipinski definition) is 1. The third kappa shape index (κ3) is 2.97. The van der Waals surface area contributed by atoms with E-state index in [1.165, 1.54) is 12.1 Å². The average molecular weight is 291 g/mol. The van der Waals surface area contributed by atoms with Gasteiger partial charge in [0.2, 0.25) is 0 Å². The van der Waals surface area contributed by atoms with E-state index in [-0.39, 0.29) is 17.9 Å². The second-order valence-electron chi connectivity index (χ2n) is 4.93. The molecule has 1 heterocycles. The highest BCUT2D eigenvalue weighted by Crippen LogP contribution is 2.39. The summed E-state index contributed by atoms with van der Waals surface area (Å²) in [4.78, 5) is 0. The molecule has 0 saturated carbocycles. The van der Waals surface area contributed by atoms with E-state index in [2.05, 4.69) is 4.74 Å². The Labute approximate surface area is 121 Å². The van der Waals surface area contributed by atoms with Crippen molar-refractivity contribution in [2.24, 2.45) is 5.73 Å². The topological polar surface area (TPSA) is 44.5 Å². The zero-order chi connectivity index (χ0) is 14.8. The van der Waals surface area contributed by atoms with Crippen molar-refractivity contribution in [3.05, 3.63) is 59.7 Å². The quantitative estimate of drug-likeness (QED) is 0.935. The van der Waals surface area contributed by atoms with Crippen molar-refractivity contribution in [2.75, 3.05) is 0 Å². The second kappa shape index (κ2) is 5.69. The van der Waals surface area contributed by atoms with Gasteiger partial charge in [-0.05, 0) is 23.8 Å². The van der Waals surface area contributed by atoms with Crippen LogP contribution in [0.1, 0.15) is 29.7 Å². The molecular formula is C16H15F2NO2. The van der Waals surface area contributed by atoms with E-state index in [1.807, 2.05) is 24.3 Å². The lowest BCUT2D eigenvalue weighted by Gasteiger charge is -2.30. The van der Waals surface area contributed by atoms with Gasteiger partial charge in [-0.3, -0.25) is 0 Å². The Morgan fingerprint density at radius 2 is 1.81 bits per heavy atom. The molecule has 2 unspecified atom stereocenters. The van der Waals surface area contributed by atoms with Crippen molar-refractivity contribution >= 4 is 0 Å². The number of alkyl halides is 2. The summed E-state index contributed by atoms with van der Waals surface area (Å²) in [5, 5.41) is 0. The third-order valence-corrected chi connectivity index (χ3v) is 3.53. The first-order valence-corrected chi connectivity index (χ1v) is 6.69. The molecule has 0 radical (unpaired) electrons. The van der Waals surface area contributed by atoms with Gasteiger partial charge in [0.25, 0.3) is 0 Å². The van der Waals surface area contributed by atoms with Crippen LogP contribution in [0.4, 0.5) is 8.78 Å². The van der Waals surface area contributed by atoms with E-state index in [9.17, 15) is 8.78 Å². The molecule has 3 nitrogen and oxygen atoms in total. The van der Waals surface area contributed by atoms with Crippen molar-refractivity contribution in [1.29, 1.82) is 0 Å². The van der Waals surface area contributed by atoms with E-state index >= 15 is 0 Å². The first-order chi connectivity index (χ1) is 10.1. The number of hydrogen-bond acceptors (Lipinski definition) is 3. The first-order valence-electron chi connectivity index (χ1n) is 6.69. The Hall–Kier alpha value is -2.14. The van der Waals surface area contributed by atoms with Crippen LogP contribution in [-0.2, 0) is 0 Å². The van der Waals surface area contributed by atoms with Crippen LogP contribution in [0.3, 0.4) is 0 Å². The summed E-state index contributed by atoms with van der Waals surface area (Å²) in [6.45, 7) is -2.82. The van der Waals surface area contributed by atoms with Gasteiger partial charge in [-0.15, -0.1) is 0 Å². The fourth-order valence-electron chi connectivity index (χ4n) is 2.52. The Kier molecular flexibility index (Phi) is 3.75. The van der Waals surface area contributed by atoms with Gasteiger partial charge in [0, 0.05) is 18.0 Å². The van der Waals surface area contributed by atoms with Crippen molar-refractivity contribution in [3.63, 3.8) is 0 Å². The van der Waals surface area contributed by atoms with Crippen LogP contribution in [0.25, 0.3) is 0 Å². The number of halogens is 2. The van der Waals surface area contributed by atoms with Crippen LogP contribution in [0.5, 0.6) is 11.5 Å². The molecule has 0 aliphatic carbocycles. The Morgan fingerprint density at radius 3 is 2.52 bits per heavy atom. The maximum Gasteiger partial charge on any atom is 0.387 e. The minimum Gasteiger partial charge on any atom is -0.485 e. The maximum atomic E-state index is 12.1. The maximum absolute atomic E-state index is 12.1. The summed E-state index contributed by atoms with van der Waals surface area (Å²) in [5.74, 6) is 0.906. The van der Waals surface area contributed by atoms with Gasteiger partial charge in [-0.2, -0.15) is 8.78 Å². The second-order valence-corrected chi connectivity index (χ2v) is 4.93. The lowest BCUT2D eigenvalue weighted by molar-refractivity contribution is -0.0498. The SMILES string of the molecule is NC1CC(c2ccc(OC(F)F)cc2)Oc2ccccc21. The molecule has 0 amide bonds. The molecule has 1 aliphatic heterocycles. The average Bonchev–Trinajstić information content (AvgIpc) is 2.47. The van der Waals surface area contributed by atoms with Gasteiger partial charge >= 0.3 is 6.61 Å². The third-order valence-electron chi connectivity index (χ3n) is 3.53. The minimum absolute atomic E-state index is 0.100. The number of ether oxygens (including phenoxy) is 2. The molecule has 2 N–H and O–H groups in total. The van der Waals surface area contributed by atoms with Gasteiger partial charge in [-0.1, -0.05) is 30.3 Å². The van der Waals surface area contributed by atoms with Crippen LogP contribution < -0.4 is 15.2 Å². The highest BCUT2D eigenvalue weighted by Gasteiger charge is 2.26. The fourth-order valence-corrected chi connectivity index (χ4v) is 2.52. The van der Waals surface area contributed by atoms with E-state index in [0.29, 0.717) is 6.42 Å². The molecule has 0 saturated heterocycles. The summed E-state index contributed by atoms with van der Waals surface area (Å²) < 4.78 is 34.5. The smallest absolute Gasteiger partial charge is 0.387 e. The number of rotatable bonds is 3. The fraction of sp³-hybridized carbons (Fsp3) is 0.250. The molecule has 2 atom stereocenters. The van der Waals surface area contributed by atoms with E-state index in [1.54, 1.807) is 12.1 Å². The number of nitrogens with two attached hydrogens (primary N) is 1. The summed E-state index contributed by atoms with van der Waals surface area (Å²) in [7, 11) is 0. The zero-order valence-electron chi connectivity index (χ0n) is 11.2. The molecule has 1 aliphatic rings. The van der Waals surface area contributed by atoms with Crippen LogP contribution in [-0.4, -0.2) is 6.61 Å². The van der Waals surface area contributed by atoms with Crippen molar-refractivity contribution in [3.8, 4) is 11.5 Å². The Morgan fingerprint density at radius 1 is 1.10 bits per heavy atom. The predicted molar refractivity (Wildman–Crippen MR) is 74.4 cm³/mol. The van der Waals surface area contributed by atoms with Gasteiger partial charge in [-0.25, -0.2) is 0 Å². The molecule has 0 spiro atoms. The number of fused-ring (bicyclic) bond motifs is 1. The number of para-hydroxylation sites is 1. The van der Waals surface area contributed by atoms with Gasteiger partial charge in [0.1, 0.15) is 17.6 Å². The van der Waals surface area contributed by atoms with E-state index in [4.69, 9.17) is 10.5 Å². The summed E-state index contributed by atoms with van der Waals surface area (Å²) >= 11 is 0. The highest BCUT2D eigenvalue weighted by atomic mass is 19.3. The standard InChI is InChI=1S/C16H15F2NO2/c17-16(18)20-11-7-5-10(6-8-11)15-9-13(19)12-3-1-2-4-14(12)21-15/h1-8,13,15-16H,9,19H2. The van der Waals surface area contributed by atoms with E-state index in [0.717, 1.165) is 16.9 Å². The normalized spacial score (nSPS) is 20.8. The van der Waals surface area contributed by atoms with Crippen molar-refractivity contribution < 1.29 is 18.3 Å². The van der Waals surface area contributed by atoms with Crippen molar-refractivity contribution in [1.82, 2.24) is 0 Å². The summed E-state index contributed by atoms with van der Waals surface area (Å²) in [6, 6.07) is 14.0. The van der Waals surface area contributed by atoms with Crippen LogP contribution in [0.2, 0.25) is 0 Å².